The van der Waals surface area contributed by atoms with Gasteiger partial charge in [0.1, 0.15) is 5.75 Å². The molecule has 0 aliphatic carbocycles. The topological polar surface area (TPSA) is 41.6 Å². The molecule has 1 amide bonds. The molecule has 0 radical (unpaired) electrons. The van der Waals surface area contributed by atoms with E-state index < -0.39 is 0 Å². The summed E-state index contributed by atoms with van der Waals surface area (Å²) in [6.07, 6.45) is 0.780. The van der Waals surface area contributed by atoms with Gasteiger partial charge in [-0.1, -0.05) is 48.5 Å². The van der Waals surface area contributed by atoms with Crippen LogP contribution in [0.25, 0.3) is 0 Å². The number of rotatable bonds is 7. The van der Waals surface area contributed by atoms with E-state index in [0.29, 0.717) is 6.54 Å². The highest BCUT2D eigenvalue weighted by Crippen LogP contribution is 2.23. The van der Waals surface area contributed by atoms with E-state index in [1.165, 1.54) is 0 Å². The number of carbonyl (C=O) groups excluding carboxylic acids is 1. The van der Waals surface area contributed by atoms with E-state index in [2.05, 4.69) is 30.4 Å². The Morgan fingerprint density at radius 2 is 1.81 bits per heavy atom. The number of nitrogens with zero attached hydrogens (tertiary/aromatic N) is 1. The van der Waals surface area contributed by atoms with Crippen LogP contribution in [0.3, 0.4) is 0 Å². The number of hydrogen-bond donors (Lipinski definition) is 1. The number of para-hydroxylation sites is 1. The third-order valence-electron chi connectivity index (χ3n) is 4.85. The summed E-state index contributed by atoms with van der Waals surface area (Å²) < 4.78 is 5.47. The van der Waals surface area contributed by atoms with Crippen molar-refractivity contribution in [1.29, 1.82) is 0 Å². The Bertz CT molecular complexity index is 704. The summed E-state index contributed by atoms with van der Waals surface area (Å²) in [4.78, 5) is 15.0. The molecule has 140 valence electrons. The van der Waals surface area contributed by atoms with Crippen molar-refractivity contribution in [2.24, 2.45) is 5.92 Å². The van der Waals surface area contributed by atoms with Crippen molar-refractivity contribution in [2.75, 3.05) is 20.2 Å². The number of ether oxygens (including phenoxy) is 1. The molecule has 0 spiro atoms. The average molecular weight is 375 g/mol. The Labute approximate surface area is 162 Å². The number of carbonyl (C=O) groups is 1. The van der Waals surface area contributed by atoms with E-state index >= 15 is 0 Å². The van der Waals surface area contributed by atoms with Gasteiger partial charge in [0.2, 0.25) is 5.91 Å². The van der Waals surface area contributed by atoms with Crippen LogP contribution in [-0.4, -0.2) is 37.0 Å². The van der Waals surface area contributed by atoms with Crippen LogP contribution < -0.4 is 10.1 Å². The summed E-state index contributed by atoms with van der Waals surface area (Å²) in [5.74, 6) is 1.22. The summed E-state index contributed by atoms with van der Waals surface area (Å²) >= 11 is 0. The van der Waals surface area contributed by atoms with E-state index in [9.17, 15) is 4.79 Å². The van der Waals surface area contributed by atoms with Gasteiger partial charge in [0.15, 0.2) is 0 Å². The summed E-state index contributed by atoms with van der Waals surface area (Å²) in [5, 5.41) is 3.20. The van der Waals surface area contributed by atoms with Gasteiger partial charge < -0.3 is 15.0 Å². The van der Waals surface area contributed by atoms with Gasteiger partial charge in [-0.25, -0.2) is 0 Å². The predicted molar refractivity (Wildman–Crippen MR) is 107 cm³/mol. The van der Waals surface area contributed by atoms with E-state index in [-0.39, 0.29) is 30.3 Å². The lowest BCUT2D eigenvalue weighted by Gasteiger charge is -2.36. The Morgan fingerprint density at radius 1 is 1.15 bits per heavy atom. The van der Waals surface area contributed by atoms with Gasteiger partial charge in [0.25, 0.3) is 0 Å². The molecule has 0 bridgehead atoms. The SMILES string of the molecule is COc1ccccc1CC(C)N(Cc1ccccc1)C(=O)C1CNC1.Cl. The molecule has 1 heterocycles. The maximum atomic E-state index is 13.0. The molecule has 0 aromatic heterocycles. The van der Waals surface area contributed by atoms with Gasteiger partial charge in [0.05, 0.1) is 13.0 Å². The van der Waals surface area contributed by atoms with Gasteiger partial charge in [-0.15, -0.1) is 12.4 Å². The van der Waals surface area contributed by atoms with Crippen LogP contribution in [0.2, 0.25) is 0 Å². The minimum atomic E-state index is 0. The van der Waals surface area contributed by atoms with Crippen molar-refractivity contribution in [3.05, 3.63) is 65.7 Å². The van der Waals surface area contributed by atoms with Crippen molar-refractivity contribution in [3.63, 3.8) is 0 Å². The van der Waals surface area contributed by atoms with Gasteiger partial charge in [0, 0.05) is 25.7 Å². The maximum Gasteiger partial charge on any atom is 0.228 e. The first kappa shape index (κ1) is 20.3. The molecule has 1 aliphatic rings. The van der Waals surface area contributed by atoms with Crippen molar-refractivity contribution in [1.82, 2.24) is 10.2 Å². The Morgan fingerprint density at radius 3 is 2.42 bits per heavy atom. The van der Waals surface area contributed by atoms with Gasteiger partial charge in [-0.05, 0) is 30.5 Å². The van der Waals surface area contributed by atoms with Crippen molar-refractivity contribution >= 4 is 18.3 Å². The molecule has 2 aromatic rings. The largest absolute Gasteiger partial charge is 0.496 e. The zero-order valence-electron chi connectivity index (χ0n) is 15.4. The molecule has 1 aliphatic heterocycles. The molecule has 1 N–H and O–H groups in total. The smallest absolute Gasteiger partial charge is 0.228 e. The fourth-order valence-electron chi connectivity index (χ4n) is 3.23. The average Bonchev–Trinajstić information content (AvgIpc) is 2.59. The lowest BCUT2D eigenvalue weighted by atomic mass is 9.98. The number of benzene rings is 2. The van der Waals surface area contributed by atoms with Crippen molar-refractivity contribution in [2.45, 2.75) is 25.9 Å². The van der Waals surface area contributed by atoms with Crippen molar-refractivity contribution in [3.8, 4) is 5.75 Å². The molecule has 1 fully saturated rings. The highest BCUT2D eigenvalue weighted by atomic mass is 35.5. The lowest BCUT2D eigenvalue weighted by Crippen LogP contribution is -2.54. The Kier molecular flexibility index (Phi) is 7.49. The number of methoxy groups -OCH3 is 1. The maximum absolute atomic E-state index is 13.0. The second kappa shape index (κ2) is 9.60. The number of halogens is 1. The van der Waals surface area contributed by atoms with Crippen LogP contribution in [0.5, 0.6) is 5.75 Å². The molecule has 5 heteroatoms. The first-order chi connectivity index (χ1) is 12.2. The standard InChI is InChI=1S/C21H26N2O2.ClH/c1-16(12-18-10-6-7-11-20(18)25-2)23(21(24)19-13-22-14-19)15-17-8-4-3-5-9-17;/h3-11,16,19,22H,12-15H2,1-2H3;1H. The molecule has 1 unspecified atom stereocenters. The minimum Gasteiger partial charge on any atom is -0.496 e. The van der Waals surface area contributed by atoms with Crippen LogP contribution in [0, 0.1) is 5.92 Å². The monoisotopic (exact) mass is 374 g/mol. The first-order valence-electron chi connectivity index (χ1n) is 8.86. The van der Waals surface area contributed by atoms with E-state index in [1.807, 2.05) is 41.3 Å². The van der Waals surface area contributed by atoms with E-state index in [4.69, 9.17) is 4.74 Å². The van der Waals surface area contributed by atoms with E-state index in [0.717, 1.165) is 36.4 Å². The van der Waals surface area contributed by atoms with Crippen LogP contribution in [-0.2, 0) is 17.8 Å². The van der Waals surface area contributed by atoms with Crippen LogP contribution in [0.4, 0.5) is 0 Å². The highest BCUT2D eigenvalue weighted by molar-refractivity contribution is 5.85. The van der Waals surface area contributed by atoms with Crippen LogP contribution in [0.15, 0.2) is 54.6 Å². The van der Waals surface area contributed by atoms with Gasteiger partial charge in [-0.3, -0.25) is 4.79 Å². The molecule has 3 rings (SSSR count). The zero-order chi connectivity index (χ0) is 17.6. The van der Waals surface area contributed by atoms with Gasteiger partial charge >= 0.3 is 0 Å². The molecular weight excluding hydrogens is 348 g/mol. The van der Waals surface area contributed by atoms with Gasteiger partial charge in [-0.2, -0.15) is 0 Å². The summed E-state index contributed by atoms with van der Waals surface area (Å²) in [7, 11) is 1.69. The quantitative estimate of drug-likeness (QED) is 0.808. The third kappa shape index (κ3) is 4.77. The molecule has 26 heavy (non-hydrogen) atoms. The lowest BCUT2D eigenvalue weighted by molar-refractivity contribution is -0.139. The predicted octanol–water partition coefficient (Wildman–Crippen LogP) is 3.30. The Balaban J connectivity index is 0.00000243. The second-order valence-corrected chi connectivity index (χ2v) is 6.67. The van der Waals surface area contributed by atoms with E-state index in [1.54, 1.807) is 7.11 Å². The number of hydrogen-bond acceptors (Lipinski definition) is 3. The Hall–Kier alpha value is -2.04. The zero-order valence-corrected chi connectivity index (χ0v) is 16.2. The molecule has 4 nitrogen and oxygen atoms in total. The fourth-order valence-corrected chi connectivity index (χ4v) is 3.23. The minimum absolute atomic E-state index is 0. The van der Waals surface area contributed by atoms with Crippen molar-refractivity contribution < 1.29 is 9.53 Å². The summed E-state index contributed by atoms with van der Waals surface area (Å²) in [6.45, 7) is 4.34. The first-order valence-corrected chi connectivity index (χ1v) is 8.86. The molecule has 1 saturated heterocycles. The summed E-state index contributed by atoms with van der Waals surface area (Å²) in [5.41, 5.74) is 2.30. The normalized spacial score (nSPS) is 14.7. The molecular formula is C21H27ClN2O2. The van der Waals surface area contributed by atoms with Crippen LogP contribution in [0.1, 0.15) is 18.1 Å². The fraction of sp³-hybridized carbons (Fsp3) is 0.381. The third-order valence-corrected chi connectivity index (χ3v) is 4.85. The molecule has 1 atom stereocenters. The number of amides is 1. The highest BCUT2D eigenvalue weighted by Gasteiger charge is 2.31. The molecule has 2 aromatic carbocycles. The van der Waals surface area contributed by atoms with Crippen LogP contribution >= 0.6 is 12.4 Å². The second-order valence-electron chi connectivity index (χ2n) is 6.67. The number of nitrogens with one attached hydrogen (secondary N) is 1. The summed E-state index contributed by atoms with van der Waals surface area (Å²) in [6, 6.07) is 18.3. The molecule has 0 saturated carbocycles.